The monoisotopic (exact) mass is 214 g/mol. The van der Waals surface area contributed by atoms with Crippen LogP contribution in [0, 0.1) is 5.92 Å². The molecule has 0 fully saturated rings. The molecule has 0 saturated heterocycles. The molecule has 1 nitrogen and oxygen atoms in total. The molecular weight excluding hydrogens is 184 g/mol. The smallest absolute Gasteiger partial charge is 0.0645 e. The molecule has 0 radical (unpaired) electrons. The third-order valence-electron chi connectivity index (χ3n) is 3.59. The van der Waals surface area contributed by atoms with Gasteiger partial charge in [0.05, 0.1) is 5.60 Å². The van der Waals surface area contributed by atoms with E-state index in [0.717, 1.165) is 6.42 Å². The standard InChI is InChI=1S/C14H30O/c1-5-7-9-11-13(3)14(4,15)12-10-8-6-2/h13,15H,5-12H2,1-4H3. The second-order valence-electron chi connectivity index (χ2n) is 5.21. The molecular formula is C14H30O. The first-order valence-corrected chi connectivity index (χ1v) is 6.77. The summed E-state index contributed by atoms with van der Waals surface area (Å²) in [4.78, 5) is 0. The van der Waals surface area contributed by atoms with Gasteiger partial charge in [-0.3, -0.25) is 0 Å². The zero-order valence-electron chi connectivity index (χ0n) is 11.2. The number of hydrogen-bond acceptors (Lipinski definition) is 1. The van der Waals surface area contributed by atoms with Gasteiger partial charge in [0.2, 0.25) is 0 Å². The van der Waals surface area contributed by atoms with Gasteiger partial charge >= 0.3 is 0 Å². The number of unbranched alkanes of at least 4 members (excludes halogenated alkanes) is 4. The summed E-state index contributed by atoms with van der Waals surface area (Å²) in [6.07, 6.45) is 9.63. The molecule has 0 aliphatic carbocycles. The summed E-state index contributed by atoms with van der Waals surface area (Å²) in [5.41, 5.74) is -0.442. The Labute approximate surface area is 96.3 Å². The third kappa shape index (κ3) is 6.94. The Morgan fingerprint density at radius 3 is 2.07 bits per heavy atom. The highest BCUT2D eigenvalue weighted by Crippen LogP contribution is 2.27. The minimum Gasteiger partial charge on any atom is -0.390 e. The molecule has 0 bridgehead atoms. The lowest BCUT2D eigenvalue weighted by molar-refractivity contribution is -0.00790. The predicted octanol–water partition coefficient (Wildman–Crippen LogP) is 4.53. The van der Waals surface area contributed by atoms with Gasteiger partial charge in [-0.2, -0.15) is 0 Å². The highest BCUT2D eigenvalue weighted by Gasteiger charge is 2.26. The van der Waals surface area contributed by atoms with Crippen molar-refractivity contribution in [3.8, 4) is 0 Å². The predicted molar refractivity (Wildman–Crippen MR) is 68.1 cm³/mol. The summed E-state index contributed by atoms with van der Waals surface area (Å²) < 4.78 is 0. The van der Waals surface area contributed by atoms with E-state index in [1.807, 2.05) is 6.92 Å². The molecule has 1 N–H and O–H groups in total. The van der Waals surface area contributed by atoms with Gasteiger partial charge in [0.1, 0.15) is 0 Å². The van der Waals surface area contributed by atoms with Crippen LogP contribution in [0.5, 0.6) is 0 Å². The van der Waals surface area contributed by atoms with E-state index in [1.165, 1.54) is 44.9 Å². The van der Waals surface area contributed by atoms with Gasteiger partial charge in [-0.25, -0.2) is 0 Å². The van der Waals surface area contributed by atoms with Crippen molar-refractivity contribution >= 4 is 0 Å². The second-order valence-corrected chi connectivity index (χ2v) is 5.21. The Bertz CT molecular complexity index is 140. The highest BCUT2D eigenvalue weighted by molar-refractivity contribution is 4.78. The van der Waals surface area contributed by atoms with Crippen molar-refractivity contribution in [2.75, 3.05) is 0 Å². The summed E-state index contributed by atoms with van der Waals surface area (Å²) in [5.74, 6) is 0.445. The van der Waals surface area contributed by atoms with Gasteiger partial charge in [-0.1, -0.05) is 59.3 Å². The Morgan fingerprint density at radius 1 is 1.00 bits per heavy atom. The lowest BCUT2D eigenvalue weighted by Gasteiger charge is -2.30. The van der Waals surface area contributed by atoms with Gasteiger partial charge in [0, 0.05) is 0 Å². The topological polar surface area (TPSA) is 20.2 Å². The van der Waals surface area contributed by atoms with Crippen LogP contribution in [-0.2, 0) is 0 Å². The van der Waals surface area contributed by atoms with E-state index in [4.69, 9.17) is 0 Å². The lowest BCUT2D eigenvalue weighted by atomic mass is 9.83. The normalized spacial score (nSPS) is 17.4. The summed E-state index contributed by atoms with van der Waals surface area (Å²) in [6.45, 7) is 8.64. The van der Waals surface area contributed by atoms with Gasteiger partial charge in [-0.05, 0) is 25.7 Å². The Hall–Kier alpha value is -0.0400. The van der Waals surface area contributed by atoms with Gasteiger partial charge in [0.25, 0.3) is 0 Å². The molecule has 0 aromatic carbocycles. The van der Waals surface area contributed by atoms with Crippen LogP contribution >= 0.6 is 0 Å². The largest absolute Gasteiger partial charge is 0.390 e. The maximum atomic E-state index is 10.3. The van der Waals surface area contributed by atoms with Crippen LogP contribution in [-0.4, -0.2) is 10.7 Å². The molecule has 0 heterocycles. The summed E-state index contributed by atoms with van der Waals surface area (Å²) >= 11 is 0. The number of rotatable bonds is 9. The van der Waals surface area contributed by atoms with Crippen LogP contribution in [0.25, 0.3) is 0 Å². The fourth-order valence-electron chi connectivity index (χ4n) is 1.99. The molecule has 92 valence electrons. The Kier molecular flexibility index (Phi) is 8.13. The van der Waals surface area contributed by atoms with Crippen molar-refractivity contribution in [3.05, 3.63) is 0 Å². The molecule has 0 aromatic heterocycles. The van der Waals surface area contributed by atoms with Crippen LogP contribution < -0.4 is 0 Å². The summed E-state index contributed by atoms with van der Waals surface area (Å²) in [7, 11) is 0. The quantitative estimate of drug-likeness (QED) is 0.559. The zero-order valence-corrected chi connectivity index (χ0v) is 11.2. The molecule has 2 unspecified atom stereocenters. The Morgan fingerprint density at radius 2 is 1.53 bits per heavy atom. The first-order valence-electron chi connectivity index (χ1n) is 6.77. The molecule has 0 amide bonds. The van der Waals surface area contributed by atoms with E-state index in [0.29, 0.717) is 5.92 Å². The molecule has 0 rings (SSSR count). The van der Waals surface area contributed by atoms with Crippen LogP contribution in [0.15, 0.2) is 0 Å². The van der Waals surface area contributed by atoms with Gasteiger partial charge in [-0.15, -0.1) is 0 Å². The maximum Gasteiger partial charge on any atom is 0.0645 e. The van der Waals surface area contributed by atoms with Crippen molar-refractivity contribution < 1.29 is 5.11 Å². The summed E-state index contributed by atoms with van der Waals surface area (Å²) in [5, 5.41) is 10.3. The van der Waals surface area contributed by atoms with E-state index in [2.05, 4.69) is 20.8 Å². The van der Waals surface area contributed by atoms with E-state index < -0.39 is 5.60 Å². The number of hydrogen-bond donors (Lipinski definition) is 1. The molecule has 0 aromatic rings. The van der Waals surface area contributed by atoms with Crippen LogP contribution in [0.4, 0.5) is 0 Å². The Balaban J connectivity index is 3.74. The van der Waals surface area contributed by atoms with Crippen molar-refractivity contribution in [1.29, 1.82) is 0 Å². The average molecular weight is 214 g/mol. The lowest BCUT2D eigenvalue weighted by Crippen LogP contribution is -2.32. The molecule has 0 saturated carbocycles. The van der Waals surface area contributed by atoms with Gasteiger partial charge < -0.3 is 5.11 Å². The van der Waals surface area contributed by atoms with E-state index in [-0.39, 0.29) is 0 Å². The minimum absolute atomic E-state index is 0.442. The molecule has 2 atom stereocenters. The molecule has 0 aliphatic heterocycles. The first kappa shape index (κ1) is 15.0. The molecule has 0 aliphatic rings. The van der Waals surface area contributed by atoms with Crippen LogP contribution in [0.2, 0.25) is 0 Å². The van der Waals surface area contributed by atoms with Gasteiger partial charge in [0.15, 0.2) is 0 Å². The van der Waals surface area contributed by atoms with E-state index in [9.17, 15) is 5.11 Å². The second kappa shape index (κ2) is 8.15. The zero-order chi connectivity index (χ0) is 11.7. The maximum absolute atomic E-state index is 10.3. The molecule has 15 heavy (non-hydrogen) atoms. The third-order valence-corrected chi connectivity index (χ3v) is 3.59. The van der Waals surface area contributed by atoms with Crippen LogP contribution in [0.3, 0.4) is 0 Å². The number of aliphatic hydroxyl groups is 1. The SMILES string of the molecule is CCCCCC(C)C(C)(O)CCCCC. The highest BCUT2D eigenvalue weighted by atomic mass is 16.3. The average Bonchev–Trinajstić information content (AvgIpc) is 2.18. The fraction of sp³-hybridized carbons (Fsp3) is 1.00. The van der Waals surface area contributed by atoms with E-state index in [1.54, 1.807) is 0 Å². The minimum atomic E-state index is -0.442. The summed E-state index contributed by atoms with van der Waals surface area (Å²) in [6, 6.07) is 0. The van der Waals surface area contributed by atoms with Crippen LogP contribution in [0.1, 0.15) is 79.1 Å². The molecule has 1 heteroatoms. The van der Waals surface area contributed by atoms with Crippen molar-refractivity contribution in [3.63, 3.8) is 0 Å². The fourth-order valence-corrected chi connectivity index (χ4v) is 1.99. The van der Waals surface area contributed by atoms with Crippen molar-refractivity contribution in [1.82, 2.24) is 0 Å². The van der Waals surface area contributed by atoms with Crippen molar-refractivity contribution in [2.24, 2.45) is 5.92 Å². The first-order chi connectivity index (χ1) is 7.04. The molecule has 0 spiro atoms. The van der Waals surface area contributed by atoms with E-state index >= 15 is 0 Å². The van der Waals surface area contributed by atoms with Crippen molar-refractivity contribution in [2.45, 2.75) is 84.7 Å².